The number of rotatable bonds is 4. The van der Waals surface area contributed by atoms with Crippen molar-refractivity contribution in [3.8, 4) is 11.6 Å². The maximum absolute atomic E-state index is 12.3. The molecule has 1 aliphatic heterocycles. The zero-order valence-corrected chi connectivity index (χ0v) is 14.5. The summed E-state index contributed by atoms with van der Waals surface area (Å²) in [5.41, 5.74) is 1.93. The molecule has 0 bridgehead atoms. The topological polar surface area (TPSA) is 123 Å². The van der Waals surface area contributed by atoms with Crippen molar-refractivity contribution in [2.24, 2.45) is 7.05 Å². The van der Waals surface area contributed by atoms with Crippen LogP contribution in [0.2, 0.25) is 0 Å². The van der Waals surface area contributed by atoms with Crippen molar-refractivity contribution >= 4 is 23.7 Å². The van der Waals surface area contributed by atoms with Crippen LogP contribution in [0.3, 0.4) is 0 Å². The van der Waals surface area contributed by atoms with E-state index in [1.807, 2.05) is 6.92 Å². The van der Waals surface area contributed by atoms with E-state index in [0.717, 1.165) is 10.6 Å². The van der Waals surface area contributed by atoms with Crippen LogP contribution >= 0.6 is 0 Å². The van der Waals surface area contributed by atoms with Crippen molar-refractivity contribution in [3.05, 3.63) is 47.2 Å². The Labute approximate surface area is 152 Å². The predicted octanol–water partition coefficient (Wildman–Crippen LogP) is 1.01. The Morgan fingerprint density at radius 2 is 1.81 bits per heavy atom. The first-order chi connectivity index (χ1) is 12.9. The van der Waals surface area contributed by atoms with Gasteiger partial charge in [-0.2, -0.15) is 5.10 Å². The fraction of sp³-hybridized carbons (Fsp3) is 0.176. The summed E-state index contributed by atoms with van der Waals surface area (Å²) < 4.78 is 7.02. The largest absolute Gasteiger partial charge is 0.401 e. The molecular weight excluding hydrogens is 352 g/mol. The molecule has 4 rings (SSSR count). The van der Waals surface area contributed by atoms with Crippen molar-refractivity contribution in [1.29, 1.82) is 0 Å². The van der Waals surface area contributed by atoms with E-state index in [1.165, 1.54) is 0 Å². The Hall–Kier alpha value is -3.82. The van der Waals surface area contributed by atoms with Crippen LogP contribution in [0, 0.1) is 6.92 Å². The fourth-order valence-corrected chi connectivity index (χ4v) is 2.73. The molecule has 136 valence electrons. The van der Waals surface area contributed by atoms with Gasteiger partial charge in [-0.15, -0.1) is 5.10 Å². The van der Waals surface area contributed by atoms with Gasteiger partial charge < -0.3 is 4.42 Å². The molecule has 2 aromatic heterocycles. The first kappa shape index (κ1) is 16.6. The van der Waals surface area contributed by atoms with E-state index in [-0.39, 0.29) is 23.0 Å². The minimum atomic E-state index is -0.628. The van der Waals surface area contributed by atoms with Gasteiger partial charge in [-0.3, -0.25) is 29.3 Å². The number of amides is 3. The van der Waals surface area contributed by atoms with Gasteiger partial charge in [-0.25, -0.2) is 0 Å². The minimum absolute atomic E-state index is 0.144. The van der Waals surface area contributed by atoms with E-state index in [0.29, 0.717) is 5.69 Å². The maximum atomic E-state index is 12.3. The lowest BCUT2D eigenvalue weighted by Crippen LogP contribution is -2.37. The first-order valence-electron chi connectivity index (χ1n) is 8.03. The number of carbonyl (C=O) groups is 3. The van der Waals surface area contributed by atoms with E-state index in [2.05, 4.69) is 20.6 Å². The van der Waals surface area contributed by atoms with Crippen LogP contribution in [0.1, 0.15) is 26.4 Å². The molecular formula is C17H14N6O4. The lowest BCUT2D eigenvalue weighted by molar-refractivity contribution is -0.116. The lowest BCUT2D eigenvalue weighted by atomic mass is 10.1. The molecule has 0 saturated heterocycles. The quantitative estimate of drug-likeness (QED) is 0.684. The van der Waals surface area contributed by atoms with Gasteiger partial charge in [0.15, 0.2) is 0 Å². The van der Waals surface area contributed by atoms with Crippen LogP contribution in [-0.4, -0.2) is 49.1 Å². The van der Waals surface area contributed by atoms with Crippen LogP contribution in [-0.2, 0) is 11.8 Å². The number of anilines is 1. The van der Waals surface area contributed by atoms with Crippen molar-refractivity contribution in [2.45, 2.75) is 6.92 Å². The average molecular weight is 366 g/mol. The molecule has 10 nitrogen and oxygen atoms in total. The fourth-order valence-electron chi connectivity index (χ4n) is 2.73. The highest BCUT2D eigenvalue weighted by molar-refractivity contribution is 6.22. The van der Waals surface area contributed by atoms with Gasteiger partial charge in [-0.1, -0.05) is 17.2 Å². The lowest BCUT2D eigenvalue weighted by Gasteiger charge is -2.12. The zero-order chi connectivity index (χ0) is 19.1. The summed E-state index contributed by atoms with van der Waals surface area (Å²) >= 11 is 0. The van der Waals surface area contributed by atoms with Gasteiger partial charge in [0.1, 0.15) is 12.2 Å². The molecule has 0 fully saturated rings. The van der Waals surface area contributed by atoms with Gasteiger partial charge in [0, 0.05) is 12.7 Å². The highest BCUT2D eigenvalue weighted by Crippen LogP contribution is 2.22. The smallest absolute Gasteiger partial charge is 0.322 e. The summed E-state index contributed by atoms with van der Waals surface area (Å²) in [6.45, 7) is 1.42. The Balaban J connectivity index is 1.45. The average Bonchev–Trinajstić information content (AvgIpc) is 3.30. The molecule has 27 heavy (non-hydrogen) atoms. The van der Waals surface area contributed by atoms with Crippen molar-refractivity contribution in [2.75, 3.05) is 11.9 Å². The number of imide groups is 1. The normalized spacial score (nSPS) is 13.2. The monoisotopic (exact) mass is 366 g/mol. The number of hydrogen-bond donors (Lipinski definition) is 1. The summed E-state index contributed by atoms with van der Waals surface area (Å²) in [6.07, 6.45) is 0. The number of aryl methyl sites for hydroxylation is 2. The molecule has 0 atom stereocenters. The molecule has 1 aromatic carbocycles. The molecule has 3 amide bonds. The van der Waals surface area contributed by atoms with E-state index in [4.69, 9.17) is 4.42 Å². The van der Waals surface area contributed by atoms with Crippen molar-refractivity contribution in [3.63, 3.8) is 0 Å². The number of carbonyl (C=O) groups excluding carboxylic acids is 3. The minimum Gasteiger partial charge on any atom is -0.401 e. The van der Waals surface area contributed by atoms with Crippen LogP contribution in [0.25, 0.3) is 11.6 Å². The Bertz CT molecular complexity index is 1030. The molecule has 0 unspecified atom stereocenters. The van der Waals surface area contributed by atoms with E-state index < -0.39 is 24.3 Å². The second kappa shape index (κ2) is 6.16. The number of nitrogens with zero attached hydrogens (tertiary/aromatic N) is 5. The number of aromatic nitrogens is 4. The van der Waals surface area contributed by atoms with Crippen molar-refractivity contribution < 1.29 is 18.8 Å². The predicted molar refractivity (Wildman–Crippen MR) is 91.7 cm³/mol. The highest BCUT2D eigenvalue weighted by atomic mass is 16.4. The number of nitrogens with one attached hydrogen (secondary N) is 1. The van der Waals surface area contributed by atoms with Gasteiger partial charge >= 0.3 is 6.01 Å². The zero-order valence-electron chi connectivity index (χ0n) is 14.5. The summed E-state index contributed by atoms with van der Waals surface area (Å²) in [5, 5.41) is 14.2. The summed E-state index contributed by atoms with van der Waals surface area (Å²) in [6, 6.07) is 8.03. The Morgan fingerprint density at radius 3 is 2.41 bits per heavy atom. The third-order valence-corrected chi connectivity index (χ3v) is 4.18. The molecule has 3 aromatic rings. The molecule has 0 aliphatic carbocycles. The van der Waals surface area contributed by atoms with Gasteiger partial charge in [-0.05, 0) is 25.1 Å². The second-order valence-corrected chi connectivity index (χ2v) is 6.00. The van der Waals surface area contributed by atoms with E-state index >= 15 is 0 Å². The molecule has 1 N–H and O–H groups in total. The van der Waals surface area contributed by atoms with Crippen LogP contribution in [0.4, 0.5) is 6.01 Å². The molecule has 0 spiro atoms. The first-order valence-corrected chi connectivity index (χ1v) is 8.03. The number of hydrogen-bond acceptors (Lipinski definition) is 7. The van der Waals surface area contributed by atoms with Crippen molar-refractivity contribution in [1.82, 2.24) is 24.9 Å². The number of benzene rings is 1. The standard InChI is InChI=1S/C17H14N6O4/c1-9-7-12(21-22(9)2)14-19-20-17(27-14)18-13(24)8-23-15(25)10-5-3-4-6-11(10)16(23)26/h3-7H,8H2,1-2H3,(H,18,20,24). The Morgan fingerprint density at radius 1 is 1.15 bits per heavy atom. The third kappa shape index (κ3) is 2.86. The Kier molecular flexibility index (Phi) is 3.80. The molecule has 0 saturated carbocycles. The van der Waals surface area contributed by atoms with E-state index in [9.17, 15) is 14.4 Å². The summed E-state index contributed by atoms with van der Waals surface area (Å²) in [7, 11) is 1.78. The molecule has 1 aliphatic rings. The third-order valence-electron chi connectivity index (χ3n) is 4.18. The second-order valence-electron chi connectivity index (χ2n) is 6.00. The van der Waals surface area contributed by atoms with E-state index in [1.54, 1.807) is 42.1 Å². The van der Waals surface area contributed by atoms with Crippen LogP contribution in [0.5, 0.6) is 0 Å². The van der Waals surface area contributed by atoms with Crippen LogP contribution < -0.4 is 5.32 Å². The number of fused-ring (bicyclic) bond motifs is 1. The van der Waals surface area contributed by atoms with Gasteiger partial charge in [0.05, 0.1) is 11.1 Å². The molecule has 3 heterocycles. The molecule has 0 radical (unpaired) electrons. The summed E-state index contributed by atoms with van der Waals surface area (Å²) in [4.78, 5) is 37.6. The SMILES string of the molecule is Cc1cc(-c2nnc(NC(=O)CN3C(=O)c4ccccc4C3=O)o2)nn1C. The highest BCUT2D eigenvalue weighted by Gasteiger charge is 2.36. The molecule has 10 heteroatoms. The van der Waals surface area contributed by atoms with Gasteiger partial charge in [0.25, 0.3) is 17.7 Å². The maximum Gasteiger partial charge on any atom is 0.322 e. The summed E-state index contributed by atoms with van der Waals surface area (Å²) in [5.74, 6) is -1.51. The van der Waals surface area contributed by atoms with Crippen LogP contribution in [0.15, 0.2) is 34.7 Å². The van der Waals surface area contributed by atoms with Gasteiger partial charge in [0.2, 0.25) is 5.91 Å².